The minimum atomic E-state index is -0.452. The van der Waals surface area contributed by atoms with Gasteiger partial charge in [0.2, 0.25) is 0 Å². The first-order chi connectivity index (χ1) is 13.0. The molecule has 0 bridgehead atoms. The molecule has 0 aliphatic carbocycles. The van der Waals surface area contributed by atoms with E-state index in [1.165, 1.54) is 18.2 Å². The van der Waals surface area contributed by atoms with Gasteiger partial charge < -0.3 is 10.4 Å². The highest BCUT2D eigenvalue weighted by atomic mass is 35.5. The van der Waals surface area contributed by atoms with Crippen molar-refractivity contribution < 1.29 is 14.3 Å². The molecule has 0 aliphatic rings. The van der Waals surface area contributed by atoms with Crippen molar-refractivity contribution in [2.24, 2.45) is 0 Å². The quantitative estimate of drug-likeness (QED) is 0.702. The van der Waals surface area contributed by atoms with Crippen LogP contribution < -0.4 is 5.32 Å². The summed E-state index contributed by atoms with van der Waals surface area (Å²) in [6.07, 6.45) is 0. The molecule has 1 atom stereocenters. The van der Waals surface area contributed by atoms with E-state index in [2.05, 4.69) is 15.3 Å². The number of carbonyl (C=O) groups excluding carboxylic acids is 1. The van der Waals surface area contributed by atoms with Crippen molar-refractivity contribution in [3.05, 3.63) is 71.1 Å². The first kappa shape index (κ1) is 18.9. The molecule has 0 radical (unpaired) electrons. The fraction of sp³-hybridized carbons (Fsp3) is 0.150. The monoisotopic (exact) mass is 385 g/mol. The topological polar surface area (TPSA) is 75.1 Å². The van der Waals surface area contributed by atoms with E-state index in [9.17, 15) is 9.18 Å². The average molecular weight is 386 g/mol. The number of hydrogen-bond donors (Lipinski definition) is 2. The van der Waals surface area contributed by atoms with Crippen LogP contribution in [0.15, 0.2) is 54.6 Å². The second-order valence-electron chi connectivity index (χ2n) is 6.04. The fourth-order valence-electron chi connectivity index (χ4n) is 2.43. The van der Waals surface area contributed by atoms with Gasteiger partial charge in [0, 0.05) is 22.2 Å². The summed E-state index contributed by atoms with van der Waals surface area (Å²) < 4.78 is 13.6. The van der Waals surface area contributed by atoms with Crippen LogP contribution in [0.3, 0.4) is 0 Å². The van der Waals surface area contributed by atoms with Gasteiger partial charge in [0.05, 0.1) is 12.3 Å². The van der Waals surface area contributed by atoms with Gasteiger partial charge in [0.1, 0.15) is 11.5 Å². The fourth-order valence-corrected chi connectivity index (χ4v) is 2.56. The second-order valence-corrected chi connectivity index (χ2v) is 6.47. The van der Waals surface area contributed by atoms with E-state index >= 15 is 0 Å². The number of halogens is 2. The SMILES string of the molecule is C[C@@H](CO)NC(=O)c1cc(-c2cccc(F)c2)nc(-c2ccc(Cl)cc2)n1. The summed E-state index contributed by atoms with van der Waals surface area (Å²) in [4.78, 5) is 21.3. The Labute approximate surface area is 160 Å². The van der Waals surface area contributed by atoms with Crippen LogP contribution >= 0.6 is 11.6 Å². The van der Waals surface area contributed by atoms with Crippen LogP contribution in [0.2, 0.25) is 5.02 Å². The van der Waals surface area contributed by atoms with Crippen LogP contribution in [0.1, 0.15) is 17.4 Å². The van der Waals surface area contributed by atoms with Gasteiger partial charge in [0.25, 0.3) is 5.91 Å². The van der Waals surface area contributed by atoms with Crippen LogP contribution in [-0.2, 0) is 0 Å². The summed E-state index contributed by atoms with van der Waals surface area (Å²) in [7, 11) is 0. The van der Waals surface area contributed by atoms with Crippen LogP contribution in [0.4, 0.5) is 4.39 Å². The lowest BCUT2D eigenvalue weighted by molar-refractivity contribution is 0.0917. The van der Waals surface area contributed by atoms with Crippen LogP contribution in [-0.4, -0.2) is 33.6 Å². The molecule has 0 unspecified atom stereocenters. The number of benzene rings is 2. The number of carbonyl (C=O) groups is 1. The van der Waals surface area contributed by atoms with E-state index in [-0.39, 0.29) is 12.3 Å². The van der Waals surface area contributed by atoms with Gasteiger partial charge in [-0.3, -0.25) is 4.79 Å². The molecule has 2 aromatic carbocycles. The molecule has 5 nitrogen and oxygen atoms in total. The summed E-state index contributed by atoms with van der Waals surface area (Å²) in [5.41, 5.74) is 1.73. The van der Waals surface area contributed by atoms with Gasteiger partial charge in [0.15, 0.2) is 5.82 Å². The van der Waals surface area contributed by atoms with Gasteiger partial charge in [-0.25, -0.2) is 14.4 Å². The number of aliphatic hydroxyl groups excluding tert-OH is 1. The number of rotatable bonds is 5. The third kappa shape index (κ3) is 4.67. The number of amides is 1. The van der Waals surface area contributed by atoms with Crippen molar-refractivity contribution in [1.82, 2.24) is 15.3 Å². The van der Waals surface area contributed by atoms with Crippen LogP contribution in [0.25, 0.3) is 22.6 Å². The van der Waals surface area contributed by atoms with E-state index in [1.807, 2.05) is 0 Å². The van der Waals surface area contributed by atoms with Crippen LogP contribution in [0, 0.1) is 5.82 Å². The summed E-state index contributed by atoms with van der Waals surface area (Å²) in [5, 5.41) is 12.4. The molecule has 3 aromatic rings. The maximum absolute atomic E-state index is 13.6. The lowest BCUT2D eigenvalue weighted by Crippen LogP contribution is -2.35. The summed E-state index contributed by atoms with van der Waals surface area (Å²) in [6, 6.07) is 13.9. The minimum absolute atomic E-state index is 0.120. The number of nitrogens with zero attached hydrogens (tertiary/aromatic N) is 2. The van der Waals surface area contributed by atoms with E-state index in [1.54, 1.807) is 43.3 Å². The summed E-state index contributed by atoms with van der Waals surface area (Å²) in [5.74, 6) is -0.541. The summed E-state index contributed by atoms with van der Waals surface area (Å²) >= 11 is 5.93. The third-order valence-corrected chi connectivity index (χ3v) is 4.08. The van der Waals surface area contributed by atoms with E-state index in [0.29, 0.717) is 27.7 Å². The van der Waals surface area contributed by atoms with Crippen molar-refractivity contribution in [3.8, 4) is 22.6 Å². The smallest absolute Gasteiger partial charge is 0.270 e. The number of hydrogen-bond acceptors (Lipinski definition) is 4. The molecule has 0 aliphatic heterocycles. The molecule has 0 saturated heterocycles. The number of nitrogens with one attached hydrogen (secondary N) is 1. The molecule has 1 aromatic heterocycles. The zero-order valence-electron chi connectivity index (χ0n) is 14.5. The first-order valence-electron chi connectivity index (χ1n) is 8.29. The molecule has 7 heteroatoms. The molecule has 0 fully saturated rings. The second kappa shape index (κ2) is 8.24. The van der Waals surface area contributed by atoms with E-state index < -0.39 is 17.8 Å². The number of aliphatic hydroxyl groups is 1. The van der Waals surface area contributed by atoms with Gasteiger partial charge in [-0.15, -0.1) is 0 Å². The van der Waals surface area contributed by atoms with Crippen molar-refractivity contribution in [2.45, 2.75) is 13.0 Å². The lowest BCUT2D eigenvalue weighted by Gasteiger charge is -2.12. The Kier molecular flexibility index (Phi) is 5.78. The molecule has 2 N–H and O–H groups in total. The average Bonchev–Trinajstić information content (AvgIpc) is 2.68. The Hall–Kier alpha value is -2.83. The van der Waals surface area contributed by atoms with Gasteiger partial charge in [-0.2, -0.15) is 0 Å². The largest absolute Gasteiger partial charge is 0.394 e. The Morgan fingerprint density at radius 2 is 1.89 bits per heavy atom. The highest BCUT2D eigenvalue weighted by Gasteiger charge is 2.16. The van der Waals surface area contributed by atoms with Crippen molar-refractivity contribution in [1.29, 1.82) is 0 Å². The maximum Gasteiger partial charge on any atom is 0.270 e. The highest BCUT2D eigenvalue weighted by molar-refractivity contribution is 6.30. The van der Waals surface area contributed by atoms with Gasteiger partial charge in [-0.1, -0.05) is 23.7 Å². The predicted octanol–water partition coefficient (Wildman–Crippen LogP) is 3.71. The molecule has 1 amide bonds. The Balaban J connectivity index is 2.10. The van der Waals surface area contributed by atoms with Crippen LogP contribution in [0.5, 0.6) is 0 Å². The first-order valence-corrected chi connectivity index (χ1v) is 8.67. The van der Waals surface area contributed by atoms with Crippen molar-refractivity contribution >= 4 is 17.5 Å². The normalized spacial score (nSPS) is 11.9. The Bertz CT molecular complexity index is 964. The standard InChI is InChI=1S/C20H17ClFN3O2/c1-12(11-26)23-20(27)18-10-17(14-3-2-4-16(22)9-14)24-19(25-18)13-5-7-15(21)8-6-13/h2-10,12,26H,11H2,1H3,(H,23,27)/t12-/m0/s1. The van der Waals surface area contributed by atoms with E-state index in [0.717, 1.165) is 0 Å². The number of aromatic nitrogens is 2. The Morgan fingerprint density at radius 3 is 2.56 bits per heavy atom. The maximum atomic E-state index is 13.6. The van der Waals surface area contributed by atoms with Gasteiger partial charge in [-0.05, 0) is 49.4 Å². The zero-order chi connectivity index (χ0) is 19.4. The molecular weight excluding hydrogens is 369 g/mol. The highest BCUT2D eigenvalue weighted by Crippen LogP contribution is 2.24. The molecule has 0 spiro atoms. The molecule has 3 rings (SSSR count). The Morgan fingerprint density at radius 1 is 1.15 bits per heavy atom. The van der Waals surface area contributed by atoms with E-state index in [4.69, 9.17) is 16.7 Å². The molecular formula is C20H17ClFN3O2. The predicted molar refractivity (Wildman–Crippen MR) is 102 cm³/mol. The third-order valence-electron chi connectivity index (χ3n) is 3.83. The van der Waals surface area contributed by atoms with Crippen molar-refractivity contribution in [2.75, 3.05) is 6.61 Å². The molecule has 138 valence electrons. The molecule has 27 heavy (non-hydrogen) atoms. The van der Waals surface area contributed by atoms with Gasteiger partial charge >= 0.3 is 0 Å². The molecule has 1 heterocycles. The van der Waals surface area contributed by atoms with Crippen molar-refractivity contribution in [3.63, 3.8) is 0 Å². The minimum Gasteiger partial charge on any atom is -0.394 e. The molecule has 0 saturated carbocycles. The zero-order valence-corrected chi connectivity index (χ0v) is 15.2. The lowest BCUT2D eigenvalue weighted by atomic mass is 10.1. The summed E-state index contributed by atoms with van der Waals surface area (Å²) in [6.45, 7) is 1.48.